The van der Waals surface area contributed by atoms with Crippen LogP contribution in [0.4, 0.5) is 0 Å². The minimum atomic E-state index is 0.271. The Labute approximate surface area is 348 Å². The molecule has 0 aliphatic carbocycles. The van der Waals surface area contributed by atoms with Crippen molar-refractivity contribution >= 4 is 11.0 Å². The molecule has 0 unspecified atom stereocenters. The molecular weight excluding hydrogens is 737 g/mol. The van der Waals surface area contributed by atoms with Crippen LogP contribution in [0.2, 0.25) is 0 Å². The quantitative estimate of drug-likeness (QED) is 0.144. The van der Waals surface area contributed by atoms with Crippen LogP contribution < -0.4 is 0 Å². The van der Waals surface area contributed by atoms with Crippen molar-refractivity contribution in [2.45, 2.75) is 19.8 Å². The summed E-state index contributed by atoms with van der Waals surface area (Å²) in [5, 5.41) is 0. The van der Waals surface area contributed by atoms with Crippen molar-refractivity contribution in [2.75, 3.05) is 0 Å². The molecule has 0 spiro atoms. The second-order valence-corrected chi connectivity index (χ2v) is 14.8. The Hall–Kier alpha value is -7.97. The number of para-hydroxylation sites is 2. The molecule has 0 radical (unpaired) electrons. The maximum absolute atomic E-state index is 5.30. The van der Waals surface area contributed by atoms with E-state index in [-0.39, 0.29) is 5.92 Å². The first-order chi connectivity index (χ1) is 29.6. The third-order valence-electron chi connectivity index (χ3n) is 10.5. The lowest BCUT2D eigenvalue weighted by Gasteiger charge is -2.17. The van der Waals surface area contributed by atoms with Gasteiger partial charge in [-0.25, -0.2) is 34.9 Å². The van der Waals surface area contributed by atoms with Gasteiger partial charge in [0.2, 0.25) is 0 Å². The number of hydrogen-bond acceptors (Lipinski definition) is 7. The number of benzene rings is 7. The lowest BCUT2D eigenvalue weighted by Crippen LogP contribution is -2.05. The molecule has 0 atom stereocenters. The van der Waals surface area contributed by atoms with Crippen molar-refractivity contribution in [3.8, 4) is 85.4 Å². The first-order valence-corrected chi connectivity index (χ1v) is 20.0. The van der Waals surface area contributed by atoms with E-state index in [1.54, 1.807) is 0 Å². The molecule has 8 nitrogen and oxygen atoms in total. The monoisotopic (exact) mass is 774 g/mol. The van der Waals surface area contributed by atoms with Crippen LogP contribution in [0.25, 0.3) is 96.4 Å². The van der Waals surface area contributed by atoms with Crippen molar-refractivity contribution in [1.82, 2.24) is 39.5 Å². The van der Waals surface area contributed by atoms with Gasteiger partial charge in [-0.1, -0.05) is 172 Å². The first kappa shape index (κ1) is 36.4. The van der Waals surface area contributed by atoms with Crippen LogP contribution in [0.5, 0.6) is 0 Å². The molecule has 0 aliphatic heterocycles. The van der Waals surface area contributed by atoms with Crippen molar-refractivity contribution in [1.29, 1.82) is 0 Å². The van der Waals surface area contributed by atoms with Crippen molar-refractivity contribution in [3.63, 3.8) is 0 Å². The number of fused-ring (bicyclic) bond motifs is 1. The predicted octanol–water partition coefficient (Wildman–Crippen LogP) is 12.2. The highest BCUT2D eigenvalue weighted by molar-refractivity contribution is 5.86. The molecule has 0 N–H and O–H groups in total. The Morgan fingerprint density at radius 1 is 0.350 bits per heavy atom. The van der Waals surface area contributed by atoms with E-state index in [2.05, 4.69) is 79.1 Å². The van der Waals surface area contributed by atoms with Crippen LogP contribution in [0, 0.1) is 0 Å². The molecule has 8 heteroatoms. The summed E-state index contributed by atoms with van der Waals surface area (Å²) in [4.78, 5) is 36.0. The summed E-state index contributed by atoms with van der Waals surface area (Å²) in [7, 11) is 0. The first-order valence-electron chi connectivity index (χ1n) is 20.0. The van der Waals surface area contributed by atoms with Gasteiger partial charge < -0.3 is 0 Å². The molecule has 7 aromatic carbocycles. The lowest BCUT2D eigenvalue weighted by molar-refractivity contribution is 0.865. The Kier molecular flexibility index (Phi) is 9.55. The average Bonchev–Trinajstić information content (AvgIpc) is 3.72. The molecule has 0 saturated heterocycles. The van der Waals surface area contributed by atoms with Crippen LogP contribution in [0.1, 0.15) is 25.3 Å². The summed E-state index contributed by atoms with van der Waals surface area (Å²) in [6, 6.07) is 63.2. The summed E-state index contributed by atoms with van der Waals surface area (Å²) >= 11 is 0. The average molecular weight is 775 g/mol. The van der Waals surface area contributed by atoms with Crippen molar-refractivity contribution in [2.24, 2.45) is 0 Å². The smallest absolute Gasteiger partial charge is 0.164 e. The van der Waals surface area contributed by atoms with Gasteiger partial charge in [0.05, 0.1) is 11.0 Å². The second kappa shape index (κ2) is 15.8. The highest BCUT2D eigenvalue weighted by Crippen LogP contribution is 2.37. The summed E-state index contributed by atoms with van der Waals surface area (Å²) < 4.78 is 2.23. The van der Waals surface area contributed by atoms with Crippen molar-refractivity contribution < 1.29 is 0 Å². The second-order valence-electron chi connectivity index (χ2n) is 14.8. The molecule has 60 heavy (non-hydrogen) atoms. The summed E-state index contributed by atoms with van der Waals surface area (Å²) in [6.07, 6.45) is 0. The van der Waals surface area contributed by atoms with Crippen LogP contribution in [-0.4, -0.2) is 39.5 Å². The standard InChI is InChI=1S/C52H38N8/c1-34(2)42-27-15-16-28-43(42)52-53-44-29-17-18-30-45(44)60(52)41-32-39(50-56-46(35-19-7-3-8-20-35)54-47(57-50)36-21-9-4-10-22-36)31-40(33-41)51-58-48(37-23-11-5-12-24-37)55-49(59-51)38-25-13-6-14-26-38/h3-34H,1-2H3. The zero-order valence-corrected chi connectivity index (χ0v) is 33.1. The maximum Gasteiger partial charge on any atom is 0.164 e. The zero-order valence-electron chi connectivity index (χ0n) is 33.1. The Morgan fingerprint density at radius 3 is 1.15 bits per heavy atom. The lowest BCUT2D eigenvalue weighted by atomic mass is 9.96. The van der Waals surface area contributed by atoms with Gasteiger partial charge in [-0.3, -0.25) is 4.57 Å². The van der Waals surface area contributed by atoms with Gasteiger partial charge >= 0.3 is 0 Å². The molecule has 0 fully saturated rings. The van der Waals surface area contributed by atoms with Crippen LogP contribution in [0.3, 0.4) is 0 Å². The summed E-state index contributed by atoms with van der Waals surface area (Å²) in [6.45, 7) is 4.44. The summed E-state index contributed by atoms with van der Waals surface area (Å²) in [5.74, 6) is 4.42. The van der Waals surface area contributed by atoms with E-state index in [1.807, 2.05) is 127 Å². The predicted molar refractivity (Wildman–Crippen MR) is 240 cm³/mol. The van der Waals surface area contributed by atoms with Gasteiger partial charge in [0.25, 0.3) is 0 Å². The third-order valence-corrected chi connectivity index (χ3v) is 10.5. The van der Waals surface area contributed by atoms with E-state index in [4.69, 9.17) is 34.9 Å². The molecule has 0 amide bonds. The van der Waals surface area contributed by atoms with Crippen LogP contribution >= 0.6 is 0 Å². The number of hydrogen-bond donors (Lipinski definition) is 0. The molecule has 286 valence electrons. The largest absolute Gasteiger partial charge is 0.292 e. The van der Waals surface area contributed by atoms with Gasteiger partial charge in [0, 0.05) is 44.6 Å². The molecule has 0 bridgehead atoms. The Bertz CT molecular complexity index is 2850. The molecule has 10 aromatic rings. The minimum absolute atomic E-state index is 0.271. The van der Waals surface area contributed by atoms with E-state index in [0.717, 1.165) is 61.5 Å². The highest BCUT2D eigenvalue weighted by atomic mass is 15.1. The van der Waals surface area contributed by atoms with E-state index in [9.17, 15) is 0 Å². The number of nitrogens with zero attached hydrogens (tertiary/aromatic N) is 8. The van der Waals surface area contributed by atoms with E-state index in [1.165, 1.54) is 5.56 Å². The topological polar surface area (TPSA) is 95.2 Å². The third kappa shape index (κ3) is 7.11. The van der Waals surface area contributed by atoms with E-state index < -0.39 is 0 Å². The minimum Gasteiger partial charge on any atom is -0.292 e. The normalized spacial score (nSPS) is 11.3. The summed E-state index contributed by atoms with van der Waals surface area (Å²) in [5.41, 5.74) is 10.1. The Morgan fingerprint density at radius 2 is 0.717 bits per heavy atom. The SMILES string of the molecule is CC(C)c1ccccc1-c1nc2ccccc2n1-c1cc(-c2nc(-c3ccccc3)nc(-c3ccccc3)n2)cc(-c2nc(-c3ccccc3)nc(-c3ccccc3)n2)c1. The highest BCUT2D eigenvalue weighted by Gasteiger charge is 2.22. The van der Waals surface area contributed by atoms with Gasteiger partial charge in [0.1, 0.15) is 5.82 Å². The molecule has 10 rings (SSSR count). The fourth-order valence-corrected chi connectivity index (χ4v) is 7.55. The fraction of sp³-hybridized carbons (Fsp3) is 0.0577. The van der Waals surface area contributed by atoms with Crippen molar-refractivity contribution in [3.05, 3.63) is 194 Å². The maximum atomic E-state index is 5.30. The van der Waals surface area contributed by atoms with E-state index >= 15 is 0 Å². The molecule has 0 saturated carbocycles. The van der Waals surface area contributed by atoms with Crippen LogP contribution in [0.15, 0.2) is 188 Å². The van der Waals surface area contributed by atoms with E-state index in [0.29, 0.717) is 34.9 Å². The number of imidazole rings is 1. The number of aromatic nitrogens is 8. The molecule has 0 aliphatic rings. The van der Waals surface area contributed by atoms with Gasteiger partial charge in [0.15, 0.2) is 34.9 Å². The molecule has 3 heterocycles. The van der Waals surface area contributed by atoms with Gasteiger partial charge in [-0.2, -0.15) is 0 Å². The van der Waals surface area contributed by atoms with Gasteiger partial charge in [-0.15, -0.1) is 0 Å². The fourth-order valence-electron chi connectivity index (χ4n) is 7.55. The number of rotatable bonds is 9. The molecule has 3 aromatic heterocycles. The van der Waals surface area contributed by atoms with Crippen LogP contribution in [-0.2, 0) is 0 Å². The zero-order chi connectivity index (χ0) is 40.4. The van der Waals surface area contributed by atoms with Gasteiger partial charge in [-0.05, 0) is 41.8 Å². The Balaban J connectivity index is 1.28. The molecular formula is C52H38N8.